The predicted octanol–water partition coefficient (Wildman–Crippen LogP) is 0.452. The topological polar surface area (TPSA) is 58.9 Å². The van der Waals surface area contributed by atoms with E-state index in [4.69, 9.17) is 0 Å². The first-order valence-electron chi connectivity index (χ1n) is 2.38. The summed E-state index contributed by atoms with van der Waals surface area (Å²) >= 11 is 0. The lowest BCUT2D eigenvalue weighted by atomic mass is 10.2. The number of azo groups is 1. The SMILES string of the molecule is CC(=O)C1=CN=NC1=O. The molecule has 1 aliphatic heterocycles. The van der Waals surface area contributed by atoms with Gasteiger partial charge in [0.05, 0.1) is 6.20 Å². The third-order valence-electron chi connectivity index (χ3n) is 0.945. The second-order valence-electron chi connectivity index (χ2n) is 1.62. The Balaban J connectivity index is 2.88. The fraction of sp³-hybridized carbons (Fsp3) is 0.200. The fourth-order valence-electron chi connectivity index (χ4n) is 0.490. The molecule has 0 aromatic carbocycles. The molecule has 0 N–H and O–H groups in total. The highest BCUT2D eigenvalue weighted by Gasteiger charge is 2.16. The summed E-state index contributed by atoms with van der Waals surface area (Å²) in [6.45, 7) is 1.31. The minimum Gasteiger partial charge on any atom is -0.294 e. The van der Waals surface area contributed by atoms with Gasteiger partial charge in [-0.15, -0.1) is 5.11 Å². The van der Waals surface area contributed by atoms with Crippen LogP contribution in [0.25, 0.3) is 0 Å². The monoisotopic (exact) mass is 124 g/mol. The number of carbonyl (C=O) groups excluding carboxylic acids is 2. The molecule has 1 aliphatic rings. The molecule has 0 aliphatic carbocycles. The van der Waals surface area contributed by atoms with Gasteiger partial charge in [0.2, 0.25) is 0 Å². The maximum Gasteiger partial charge on any atom is 0.300 e. The van der Waals surface area contributed by atoms with Crippen LogP contribution in [0.4, 0.5) is 0 Å². The molecule has 0 saturated heterocycles. The van der Waals surface area contributed by atoms with Gasteiger partial charge >= 0.3 is 5.91 Å². The summed E-state index contributed by atoms with van der Waals surface area (Å²) in [5, 5.41) is 6.37. The zero-order valence-corrected chi connectivity index (χ0v) is 4.79. The van der Waals surface area contributed by atoms with Gasteiger partial charge in [-0.3, -0.25) is 9.59 Å². The van der Waals surface area contributed by atoms with Crippen LogP contribution in [0.2, 0.25) is 0 Å². The number of amides is 1. The lowest BCUT2D eigenvalue weighted by Crippen LogP contribution is -2.03. The molecule has 1 rings (SSSR count). The summed E-state index contributed by atoms with van der Waals surface area (Å²) in [6.07, 6.45) is 1.17. The minimum atomic E-state index is -0.539. The van der Waals surface area contributed by atoms with Crippen LogP contribution in [0.15, 0.2) is 22.0 Å². The molecule has 4 nitrogen and oxygen atoms in total. The highest BCUT2D eigenvalue weighted by Crippen LogP contribution is 2.06. The normalized spacial score (nSPS) is 16.1. The Labute approximate surface area is 51.3 Å². The molecular weight excluding hydrogens is 120 g/mol. The van der Waals surface area contributed by atoms with Crippen molar-refractivity contribution in [3.63, 3.8) is 0 Å². The van der Waals surface area contributed by atoms with Crippen molar-refractivity contribution in [3.8, 4) is 0 Å². The molecule has 0 unspecified atom stereocenters. The van der Waals surface area contributed by atoms with E-state index in [-0.39, 0.29) is 11.4 Å². The Morgan fingerprint density at radius 2 is 2.33 bits per heavy atom. The number of carbonyl (C=O) groups is 2. The van der Waals surface area contributed by atoms with E-state index in [1.807, 2.05) is 0 Å². The number of hydrogen-bond acceptors (Lipinski definition) is 3. The molecule has 4 heteroatoms. The molecule has 1 heterocycles. The van der Waals surface area contributed by atoms with Gasteiger partial charge in [-0.1, -0.05) is 0 Å². The summed E-state index contributed by atoms with van der Waals surface area (Å²) in [5.41, 5.74) is 0.0648. The van der Waals surface area contributed by atoms with Crippen molar-refractivity contribution in [2.75, 3.05) is 0 Å². The van der Waals surface area contributed by atoms with Gasteiger partial charge in [0.25, 0.3) is 0 Å². The van der Waals surface area contributed by atoms with Gasteiger partial charge in [0.1, 0.15) is 5.57 Å². The molecule has 1 amide bonds. The Kier molecular flexibility index (Phi) is 1.22. The summed E-state index contributed by atoms with van der Waals surface area (Å²) in [5.74, 6) is -0.826. The van der Waals surface area contributed by atoms with Crippen molar-refractivity contribution in [3.05, 3.63) is 11.8 Å². The Bertz CT molecular complexity index is 227. The molecule has 0 atom stereocenters. The maximum absolute atomic E-state index is 10.5. The average molecular weight is 124 g/mol. The second-order valence-corrected chi connectivity index (χ2v) is 1.62. The third kappa shape index (κ3) is 0.910. The van der Waals surface area contributed by atoms with Crippen molar-refractivity contribution in [1.82, 2.24) is 0 Å². The van der Waals surface area contributed by atoms with E-state index in [0.29, 0.717) is 0 Å². The van der Waals surface area contributed by atoms with Gasteiger partial charge < -0.3 is 0 Å². The van der Waals surface area contributed by atoms with Gasteiger partial charge in [-0.25, -0.2) is 0 Å². The fourth-order valence-corrected chi connectivity index (χ4v) is 0.490. The van der Waals surface area contributed by atoms with E-state index in [1.165, 1.54) is 13.1 Å². The molecule has 0 bridgehead atoms. The van der Waals surface area contributed by atoms with Gasteiger partial charge in [0, 0.05) is 0 Å². The van der Waals surface area contributed by atoms with Crippen molar-refractivity contribution >= 4 is 11.7 Å². The van der Waals surface area contributed by atoms with Crippen molar-refractivity contribution in [2.24, 2.45) is 10.2 Å². The first kappa shape index (κ1) is 5.81. The van der Waals surface area contributed by atoms with Crippen LogP contribution >= 0.6 is 0 Å². The molecule has 9 heavy (non-hydrogen) atoms. The predicted molar refractivity (Wildman–Crippen MR) is 28.6 cm³/mol. The number of Topliss-reactive ketones (excluding diaryl/α,β-unsaturated/α-hetero) is 1. The number of rotatable bonds is 1. The second kappa shape index (κ2) is 1.89. The summed E-state index contributed by atoms with van der Waals surface area (Å²) in [6, 6.07) is 0. The number of nitrogens with zero attached hydrogens (tertiary/aromatic N) is 2. The molecule has 46 valence electrons. The molecule has 0 spiro atoms. The zero-order valence-electron chi connectivity index (χ0n) is 4.79. The molecule has 0 saturated carbocycles. The maximum atomic E-state index is 10.5. The van der Waals surface area contributed by atoms with E-state index in [2.05, 4.69) is 10.2 Å². The number of ketones is 1. The van der Waals surface area contributed by atoms with E-state index in [1.54, 1.807) is 0 Å². The first-order chi connectivity index (χ1) is 4.22. The van der Waals surface area contributed by atoms with E-state index < -0.39 is 5.91 Å². The van der Waals surface area contributed by atoms with Crippen molar-refractivity contribution in [1.29, 1.82) is 0 Å². The minimum absolute atomic E-state index is 0.0648. The standard InChI is InChI=1S/C5H4N2O2/c1-3(8)4-2-6-7-5(4)9/h2H,1H3. The zero-order chi connectivity index (χ0) is 6.85. The highest BCUT2D eigenvalue weighted by atomic mass is 16.2. The van der Waals surface area contributed by atoms with Crippen LogP contribution in [0.1, 0.15) is 6.92 Å². The van der Waals surface area contributed by atoms with E-state index in [9.17, 15) is 9.59 Å². The van der Waals surface area contributed by atoms with E-state index in [0.717, 1.165) is 0 Å². The largest absolute Gasteiger partial charge is 0.300 e. The molecular formula is C5H4N2O2. The summed E-state index contributed by atoms with van der Waals surface area (Å²) < 4.78 is 0. The van der Waals surface area contributed by atoms with Gasteiger partial charge in [-0.2, -0.15) is 5.11 Å². The van der Waals surface area contributed by atoms with Crippen LogP contribution in [0, 0.1) is 0 Å². The Hall–Kier alpha value is -1.32. The third-order valence-corrected chi connectivity index (χ3v) is 0.945. The van der Waals surface area contributed by atoms with Crippen LogP contribution in [0.3, 0.4) is 0 Å². The van der Waals surface area contributed by atoms with Gasteiger partial charge in [-0.05, 0) is 6.92 Å². The smallest absolute Gasteiger partial charge is 0.294 e. The molecule has 0 radical (unpaired) electrons. The van der Waals surface area contributed by atoms with Crippen LogP contribution in [-0.4, -0.2) is 11.7 Å². The summed E-state index contributed by atoms with van der Waals surface area (Å²) in [4.78, 5) is 20.9. The molecule has 0 aromatic heterocycles. The van der Waals surface area contributed by atoms with E-state index >= 15 is 0 Å². The lowest BCUT2D eigenvalue weighted by molar-refractivity contribution is -0.119. The summed E-state index contributed by atoms with van der Waals surface area (Å²) in [7, 11) is 0. The van der Waals surface area contributed by atoms with Crippen molar-refractivity contribution < 1.29 is 9.59 Å². The van der Waals surface area contributed by atoms with Crippen LogP contribution < -0.4 is 0 Å². The van der Waals surface area contributed by atoms with Crippen molar-refractivity contribution in [2.45, 2.75) is 6.92 Å². The van der Waals surface area contributed by atoms with Crippen LogP contribution in [0.5, 0.6) is 0 Å². The number of hydrogen-bond donors (Lipinski definition) is 0. The van der Waals surface area contributed by atoms with Gasteiger partial charge in [0.15, 0.2) is 5.78 Å². The first-order valence-corrected chi connectivity index (χ1v) is 2.38. The molecule has 0 fully saturated rings. The molecule has 0 aromatic rings. The Morgan fingerprint density at radius 3 is 2.56 bits per heavy atom. The quantitative estimate of drug-likeness (QED) is 0.476. The highest BCUT2D eigenvalue weighted by molar-refractivity contribution is 6.19. The Morgan fingerprint density at radius 1 is 1.67 bits per heavy atom. The average Bonchev–Trinajstić information content (AvgIpc) is 2.13. The lowest BCUT2D eigenvalue weighted by Gasteiger charge is -1.84. The van der Waals surface area contributed by atoms with Crippen LogP contribution in [-0.2, 0) is 9.59 Å².